The molecule has 5 nitrogen and oxygen atoms in total. The Bertz CT molecular complexity index is 318. The summed E-state index contributed by atoms with van der Waals surface area (Å²) in [7, 11) is 0. The van der Waals surface area contributed by atoms with Gasteiger partial charge in [0.15, 0.2) is 0 Å². The number of hydrogen-bond acceptors (Lipinski definition) is 3. The molecule has 0 spiro atoms. The maximum Gasteiger partial charge on any atom is 0.308 e. The van der Waals surface area contributed by atoms with Crippen LogP contribution in [0.25, 0.3) is 0 Å². The molecule has 0 aromatic heterocycles. The van der Waals surface area contributed by atoms with Gasteiger partial charge in [0.1, 0.15) is 0 Å². The molecule has 0 radical (unpaired) electrons. The zero-order chi connectivity index (χ0) is 12.3. The fraction of sp³-hybridized carbons (Fsp3) is 0.600. The molecular weight excluding hydrogens is 234 g/mol. The zero-order valence-corrected chi connectivity index (χ0v) is 9.48. The van der Waals surface area contributed by atoms with E-state index in [1.165, 1.54) is 0 Å². The lowest BCUT2D eigenvalue weighted by Crippen LogP contribution is -2.46. The fourth-order valence-corrected chi connectivity index (χ4v) is 2.12. The highest BCUT2D eigenvalue weighted by Gasteiger charge is 2.38. The van der Waals surface area contributed by atoms with Crippen LogP contribution in [-0.4, -0.2) is 46.7 Å². The van der Waals surface area contributed by atoms with Gasteiger partial charge in [-0.25, -0.2) is 0 Å². The molecule has 0 aromatic rings. The minimum Gasteiger partial charge on any atom is -0.481 e. The van der Waals surface area contributed by atoms with Crippen molar-refractivity contribution in [1.29, 1.82) is 0 Å². The van der Waals surface area contributed by atoms with Gasteiger partial charge < -0.3 is 10.2 Å². The standard InChI is InChI=1S/C10H14ClNO4/c1-6(11)4-12-3-2-7(9(13)14)8(5-12)10(15)16/h7-8H,1-5H2,(H,13,14)(H,15,16). The molecule has 0 aliphatic carbocycles. The normalized spacial score (nSPS) is 26.3. The Kier molecular flexibility index (Phi) is 4.32. The average molecular weight is 248 g/mol. The molecule has 2 atom stereocenters. The topological polar surface area (TPSA) is 77.8 Å². The van der Waals surface area contributed by atoms with E-state index in [4.69, 9.17) is 21.8 Å². The highest BCUT2D eigenvalue weighted by molar-refractivity contribution is 6.29. The molecule has 2 unspecified atom stereocenters. The summed E-state index contributed by atoms with van der Waals surface area (Å²) in [5.41, 5.74) is 0. The van der Waals surface area contributed by atoms with Gasteiger partial charge in [-0.1, -0.05) is 18.2 Å². The number of nitrogens with zero attached hydrogens (tertiary/aromatic N) is 1. The van der Waals surface area contributed by atoms with E-state index < -0.39 is 23.8 Å². The molecule has 0 amide bonds. The Hall–Kier alpha value is -1.07. The van der Waals surface area contributed by atoms with Crippen molar-refractivity contribution < 1.29 is 19.8 Å². The van der Waals surface area contributed by atoms with Crippen molar-refractivity contribution in [3.63, 3.8) is 0 Å². The summed E-state index contributed by atoms with van der Waals surface area (Å²) in [6, 6.07) is 0. The zero-order valence-electron chi connectivity index (χ0n) is 8.73. The van der Waals surface area contributed by atoms with E-state index in [-0.39, 0.29) is 6.54 Å². The van der Waals surface area contributed by atoms with Crippen LogP contribution in [0.3, 0.4) is 0 Å². The Morgan fingerprint density at radius 2 is 1.88 bits per heavy atom. The molecule has 0 bridgehead atoms. The summed E-state index contributed by atoms with van der Waals surface area (Å²) >= 11 is 5.64. The second-order valence-electron chi connectivity index (χ2n) is 3.93. The third-order valence-electron chi connectivity index (χ3n) is 2.73. The predicted octanol–water partition coefficient (Wildman–Crippen LogP) is 0.846. The minimum absolute atomic E-state index is 0.206. The van der Waals surface area contributed by atoms with E-state index in [1.54, 1.807) is 0 Å². The van der Waals surface area contributed by atoms with E-state index in [2.05, 4.69) is 6.58 Å². The van der Waals surface area contributed by atoms with Crippen molar-refractivity contribution in [3.05, 3.63) is 11.6 Å². The fourth-order valence-electron chi connectivity index (χ4n) is 1.95. The summed E-state index contributed by atoms with van der Waals surface area (Å²) < 4.78 is 0. The summed E-state index contributed by atoms with van der Waals surface area (Å²) in [4.78, 5) is 23.6. The van der Waals surface area contributed by atoms with Gasteiger partial charge in [-0.3, -0.25) is 14.5 Å². The third-order valence-corrected chi connectivity index (χ3v) is 2.85. The summed E-state index contributed by atoms with van der Waals surface area (Å²) in [6.45, 7) is 4.67. The van der Waals surface area contributed by atoms with Gasteiger partial charge in [0.2, 0.25) is 0 Å². The summed E-state index contributed by atoms with van der Waals surface area (Å²) in [5.74, 6) is -3.80. The molecule has 1 heterocycles. The average Bonchev–Trinajstić information content (AvgIpc) is 2.16. The van der Waals surface area contributed by atoms with Gasteiger partial charge >= 0.3 is 11.9 Å². The lowest BCUT2D eigenvalue weighted by molar-refractivity contribution is -0.157. The first-order valence-corrected chi connectivity index (χ1v) is 5.31. The lowest BCUT2D eigenvalue weighted by atomic mass is 9.85. The van der Waals surface area contributed by atoms with Crippen molar-refractivity contribution in [2.45, 2.75) is 6.42 Å². The van der Waals surface area contributed by atoms with E-state index in [0.717, 1.165) is 0 Å². The number of hydrogen-bond donors (Lipinski definition) is 2. The third kappa shape index (κ3) is 3.21. The van der Waals surface area contributed by atoms with Crippen molar-refractivity contribution in [2.75, 3.05) is 19.6 Å². The van der Waals surface area contributed by atoms with Crippen LogP contribution in [0.5, 0.6) is 0 Å². The van der Waals surface area contributed by atoms with Crippen molar-refractivity contribution >= 4 is 23.5 Å². The van der Waals surface area contributed by atoms with Gasteiger partial charge in [0.25, 0.3) is 0 Å². The van der Waals surface area contributed by atoms with Crippen LogP contribution in [0, 0.1) is 11.8 Å². The first kappa shape index (κ1) is 13.0. The first-order chi connectivity index (χ1) is 7.41. The number of carbonyl (C=O) groups is 2. The minimum atomic E-state index is -1.07. The Morgan fingerprint density at radius 1 is 1.31 bits per heavy atom. The number of likely N-dealkylation sites (tertiary alicyclic amines) is 1. The van der Waals surface area contributed by atoms with E-state index >= 15 is 0 Å². The molecule has 6 heteroatoms. The molecule has 0 saturated carbocycles. The summed E-state index contributed by atoms with van der Waals surface area (Å²) in [5, 5.41) is 18.3. The molecule has 1 saturated heterocycles. The molecule has 1 aliphatic rings. The molecule has 2 N–H and O–H groups in total. The molecule has 16 heavy (non-hydrogen) atoms. The maximum atomic E-state index is 11.0. The van der Waals surface area contributed by atoms with Crippen LogP contribution >= 0.6 is 11.6 Å². The van der Waals surface area contributed by atoms with Crippen LogP contribution in [0.1, 0.15) is 6.42 Å². The second-order valence-corrected chi connectivity index (χ2v) is 4.47. The number of halogens is 1. The predicted molar refractivity (Wildman–Crippen MR) is 58.3 cm³/mol. The maximum absolute atomic E-state index is 11.0. The lowest BCUT2D eigenvalue weighted by Gasteiger charge is -2.34. The Labute approximate surface area is 98.3 Å². The Morgan fingerprint density at radius 3 is 2.31 bits per heavy atom. The first-order valence-electron chi connectivity index (χ1n) is 4.93. The second kappa shape index (κ2) is 5.32. The van der Waals surface area contributed by atoms with Crippen molar-refractivity contribution in [2.24, 2.45) is 11.8 Å². The molecule has 1 aliphatic heterocycles. The number of carboxylic acids is 2. The van der Waals surface area contributed by atoms with Crippen LogP contribution in [0.15, 0.2) is 11.6 Å². The van der Waals surface area contributed by atoms with E-state index in [0.29, 0.717) is 24.5 Å². The number of piperidine rings is 1. The van der Waals surface area contributed by atoms with Gasteiger partial charge in [-0.2, -0.15) is 0 Å². The number of rotatable bonds is 4. The SMILES string of the molecule is C=C(Cl)CN1CCC(C(=O)O)C(C(=O)O)C1. The van der Waals surface area contributed by atoms with Crippen LogP contribution < -0.4 is 0 Å². The Balaban J connectivity index is 2.68. The number of carboxylic acid groups (broad SMARTS) is 2. The van der Waals surface area contributed by atoms with Gasteiger partial charge in [0, 0.05) is 18.1 Å². The highest BCUT2D eigenvalue weighted by atomic mass is 35.5. The van der Waals surface area contributed by atoms with Crippen LogP contribution in [0.2, 0.25) is 0 Å². The smallest absolute Gasteiger partial charge is 0.308 e. The molecule has 1 fully saturated rings. The molecule has 1 rings (SSSR count). The van der Waals surface area contributed by atoms with Gasteiger partial charge in [-0.15, -0.1) is 0 Å². The van der Waals surface area contributed by atoms with E-state index in [1.807, 2.05) is 4.90 Å². The van der Waals surface area contributed by atoms with Gasteiger partial charge in [0.05, 0.1) is 11.8 Å². The largest absolute Gasteiger partial charge is 0.481 e. The highest BCUT2D eigenvalue weighted by Crippen LogP contribution is 2.25. The summed E-state index contributed by atoms with van der Waals surface area (Å²) in [6.07, 6.45) is 0.330. The number of aliphatic carboxylic acids is 2. The van der Waals surface area contributed by atoms with Crippen LogP contribution in [0.4, 0.5) is 0 Å². The quantitative estimate of drug-likeness (QED) is 0.770. The monoisotopic (exact) mass is 247 g/mol. The van der Waals surface area contributed by atoms with E-state index in [9.17, 15) is 9.59 Å². The van der Waals surface area contributed by atoms with Crippen molar-refractivity contribution in [3.8, 4) is 0 Å². The molecule has 0 aromatic carbocycles. The van der Waals surface area contributed by atoms with Crippen molar-refractivity contribution in [1.82, 2.24) is 4.90 Å². The molecule has 90 valence electrons. The van der Waals surface area contributed by atoms with Crippen LogP contribution in [-0.2, 0) is 9.59 Å². The molecular formula is C10H14ClNO4. The van der Waals surface area contributed by atoms with Gasteiger partial charge in [-0.05, 0) is 13.0 Å².